The number of hydrogen-bond donors (Lipinski definition) is 2. The van der Waals surface area contributed by atoms with Gasteiger partial charge in [0.25, 0.3) is 0 Å². The van der Waals surface area contributed by atoms with Crippen LogP contribution in [0.2, 0.25) is 0 Å². The van der Waals surface area contributed by atoms with E-state index in [0.29, 0.717) is 24.0 Å². The predicted octanol–water partition coefficient (Wildman–Crippen LogP) is 2.10. The molecule has 2 N–H and O–H groups in total. The number of nitrogens with one attached hydrogen (secondary N) is 1. The Morgan fingerprint density at radius 2 is 1.85 bits per heavy atom. The summed E-state index contributed by atoms with van der Waals surface area (Å²) in [6.07, 6.45) is 5.99. The lowest BCUT2D eigenvalue weighted by Gasteiger charge is -2.53. The molecule has 1 spiro atoms. The maximum atomic E-state index is 10.2. The van der Waals surface area contributed by atoms with Gasteiger partial charge in [-0.3, -0.25) is 14.9 Å². The minimum Gasteiger partial charge on any atom is -0.396 e. The molecule has 0 aliphatic carbocycles. The lowest BCUT2D eigenvalue weighted by Crippen LogP contribution is -2.56. The highest BCUT2D eigenvalue weighted by atomic mass is 16.5. The molecule has 6 nitrogen and oxygen atoms in total. The van der Waals surface area contributed by atoms with Gasteiger partial charge in [0.05, 0.1) is 5.69 Å². The molecule has 0 aromatic carbocycles. The minimum absolute atomic E-state index is 0.333. The Labute approximate surface area is 163 Å². The largest absolute Gasteiger partial charge is 0.396 e. The minimum atomic E-state index is 0.333. The number of aryl methyl sites for hydroxylation is 2. The van der Waals surface area contributed by atoms with Crippen molar-refractivity contribution in [2.45, 2.75) is 58.5 Å². The molecule has 3 fully saturated rings. The first kappa shape index (κ1) is 19.4. The topological polar surface area (TPSA) is 64.6 Å². The molecule has 152 valence electrons. The van der Waals surface area contributed by atoms with E-state index in [2.05, 4.69) is 33.8 Å². The Balaban J connectivity index is 1.35. The normalized spacial score (nSPS) is 28.0. The van der Waals surface area contributed by atoms with Crippen molar-refractivity contribution in [3.8, 4) is 0 Å². The third-order valence-corrected chi connectivity index (χ3v) is 7.66. The smallest absolute Gasteiger partial charge is 0.0639 e. The summed E-state index contributed by atoms with van der Waals surface area (Å²) in [5.41, 5.74) is 4.03. The van der Waals surface area contributed by atoms with Crippen molar-refractivity contribution in [2.75, 3.05) is 46.0 Å². The molecular formula is C21H36N4O2. The quantitative estimate of drug-likeness (QED) is 0.843. The van der Waals surface area contributed by atoms with E-state index in [4.69, 9.17) is 4.74 Å². The average Bonchev–Trinajstić information content (AvgIpc) is 3.03. The number of nitrogens with zero attached hydrogens (tertiary/aromatic N) is 3. The Morgan fingerprint density at radius 3 is 2.48 bits per heavy atom. The number of aliphatic hydroxyl groups excluding tert-OH is 1. The molecule has 3 aliphatic heterocycles. The van der Waals surface area contributed by atoms with Crippen LogP contribution < -0.4 is 0 Å². The molecule has 4 rings (SSSR count). The molecule has 1 aromatic heterocycles. The SMILES string of the molecule is Cc1n[nH]c(C)c1CN1CCC2(CC1)CCN(C1CCOCC1)C[C@@H]2CO. The van der Waals surface area contributed by atoms with Crippen LogP contribution in [0.4, 0.5) is 0 Å². The molecular weight excluding hydrogens is 340 g/mol. The van der Waals surface area contributed by atoms with Crippen LogP contribution in [0, 0.1) is 25.2 Å². The monoisotopic (exact) mass is 376 g/mol. The Bertz CT molecular complexity index is 598. The molecule has 1 atom stereocenters. The third kappa shape index (κ3) is 3.95. The van der Waals surface area contributed by atoms with Gasteiger partial charge in [-0.1, -0.05) is 0 Å². The summed E-state index contributed by atoms with van der Waals surface area (Å²) in [7, 11) is 0. The van der Waals surface area contributed by atoms with Crippen LogP contribution in [0.15, 0.2) is 0 Å². The molecule has 6 heteroatoms. The number of aromatic amines is 1. The molecule has 3 aliphatic rings. The maximum absolute atomic E-state index is 10.2. The molecule has 27 heavy (non-hydrogen) atoms. The van der Waals surface area contributed by atoms with E-state index >= 15 is 0 Å². The summed E-state index contributed by atoms with van der Waals surface area (Å²) < 4.78 is 5.54. The Morgan fingerprint density at radius 1 is 1.15 bits per heavy atom. The first-order chi connectivity index (χ1) is 13.1. The van der Waals surface area contributed by atoms with Crippen molar-refractivity contribution < 1.29 is 9.84 Å². The van der Waals surface area contributed by atoms with E-state index in [1.807, 2.05) is 0 Å². The number of rotatable bonds is 4. The number of hydrogen-bond acceptors (Lipinski definition) is 5. The van der Waals surface area contributed by atoms with Crippen molar-refractivity contribution in [1.82, 2.24) is 20.0 Å². The van der Waals surface area contributed by atoms with Gasteiger partial charge in [0.1, 0.15) is 0 Å². The molecule has 3 saturated heterocycles. The predicted molar refractivity (Wildman–Crippen MR) is 106 cm³/mol. The molecule has 0 radical (unpaired) electrons. The van der Waals surface area contributed by atoms with E-state index < -0.39 is 0 Å². The van der Waals surface area contributed by atoms with E-state index in [-0.39, 0.29) is 0 Å². The maximum Gasteiger partial charge on any atom is 0.0639 e. The standard InChI is InChI=1S/C21H36N4O2/c1-16-20(17(2)23-22-16)14-24-8-5-21(6-9-24)7-10-25(13-18(21)15-26)19-3-11-27-12-4-19/h18-19,26H,3-15H2,1-2H3,(H,22,23)/t18-/m1/s1. The Kier molecular flexibility index (Phi) is 5.88. The zero-order chi connectivity index (χ0) is 18.9. The van der Waals surface area contributed by atoms with Crippen LogP contribution >= 0.6 is 0 Å². The van der Waals surface area contributed by atoms with Crippen molar-refractivity contribution in [3.63, 3.8) is 0 Å². The van der Waals surface area contributed by atoms with Gasteiger partial charge in [0.2, 0.25) is 0 Å². The zero-order valence-electron chi connectivity index (χ0n) is 17.0. The second-order valence-electron chi connectivity index (χ2n) is 9.02. The van der Waals surface area contributed by atoms with Gasteiger partial charge < -0.3 is 9.84 Å². The first-order valence-electron chi connectivity index (χ1n) is 10.8. The van der Waals surface area contributed by atoms with Crippen LogP contribution in [0.5, 0.6) is 0 Å². The van der Waals surface area contributed by atoms with Crippen LogP contribution in [-0.2, 0) is 11.3 Å². The van der Waals surface area contributed by atoms with E-state index in [1.54, 1.807) is 0 Å². The number of aromatic nitrogens is 2. The van der Waals surface area contributed by atoms with Gasteiger partial charge in [-0.2, -0.15) is 5.10 Å². The summed E-state index contributed by atoms with van der Waals surface area (Å²) in [6, 6.07) is 0.664. The highest BCUT2D eigenvalue weighted by Gasteiger charge is 2.45. The van der Waals surface area contributed by atoms with Crippen LogP contribution in [0.1, 0.15) is 49.1 Å². The number of likely N-dealkylation sites (tertiary alicyclic amines) is 2. The van der Waals surface area contributed by atoms with Crippen LogP contribution in [-0.4, -0.2) is 77.1 Å². The fourth-order valence-corrected chi connectivity index (χ4v) is 5.62. The molecule has 4 heterocycles. The number of ether oxygens (including phenoxy) is 1. The van der Waals surface area contributed by atoms with Crippen LogP contribution in [0.3, 0.4) is 0 Å². The fourth-order valence-electron chi connectivity index (χ4n) is 5.62. The van der Waals surface area contributed by atoms with Crippen LogP contribution in [0.25, 0.3) is 0 Å². The summed E-state index contributed by atoms with van der Waals surface area (Å²) in [5, 5.41) is 17.6. The van der Waals surface area contributed by atoms with Gasteiger partial charge in [-0.15, -0.1) is 0 Å². The van der Waals surface area contributed by atoms with Crippen molar-refractivity contribution in [2.24, 2.45) is 11.3 Å². The highest BCUT2D eigenvalue weighted by molar-refractivity contribution is 5.23. The second-order valence-corrected chi connectivity index (χ2v) is 9.02. The molecule has 1 aromatic rings. The number of H-pyrrole nitrogens is 1. The van der Waals surface area contributed by atoms with Crippen molar-refractivity contribution >= 4 is 0 Å². The summed E-state index contributed by atoms with van der Waals surface area (Å²) in [5.74, 6) is 0.425. The molecule has 0 unspecified atom stereocenters. The fraction of sp³-hybridized carbons (Fsp3) is 0.857. The average molecular weight is 377 g/mol. The van der Waals surface area contributed by atoms with E-state index in [9.17, 15) is 5.11 Å². The summed E-state index contributed by atoms with van der Waals surface area (Å²) in [6.45, 7) is 11.9. The second kappa shape index (κ2) is 8.19. The van der Waals surface area contributed by atoms with Gasteiger partial charge in [-0.05, 0) is 71.0 Å². The third-order valence-electron chi connectivity index (χ3n) is 7.66. The van der Waals surface area contributed by atoms with E-state index in [0.717, 1.165) is 57.9 Å². The van der Waals surface area contributed by atoms with Gasteiger partial charge in [-0.25, -0.2) is 0 Å². The van der Waals surface area contributed by atoms with Gasteiger partial charge >= 0.3 is 0 Å². The van der Waals surface area contributed by atoms with Crippen molar-refractivity contribution in [3.05, 3.63) is 17.0 Å². The first-order valence-corrected chi connectivity index (χ1v) is 10.8. The highest BCUT2D eigenvalue weighted by Crippen LogP contribution is 2.46. The summed E-state index contributed by atoms with van der Waals surface area (Å²) in [4.78, 5) is 5.23. The number of aliphatic hydroxyl groups is 1. The number of piperidine rings is 2. The van der Waals surface area contributed by atoms with Crippen molar-refractivity contribution in [1.29, 1.82) is 0 Å². The van der Waals surface area contributed by atoms with Gasteiger partial charge in [0.15, 0.2) is 0 Å². The lowest BCUT2D eigenvalue weighted by molar-refractivity contribution is -0.0670. The molecule has 0 amide bonds. The summed E-state index contributed by atoms with van der Waals surface area (Å²) >= 11 is 0. The molecule has 0 saturated carbocycles. The lowest BCUT2D eigenvalue weighted by atomic mass is 9.64. The zero-order valence-corrected chi connectivity index (χ0v) is 17.0. The van der Waals surface area contributed by atoms with E-state index in [1.165, 1.54) is 37.1 Å². The molecule has 0 bridgehead atoms. The van der Waals surface area contributed by atoms with Gasteiger partial charge in [0, 0.05) is 56.1 Å². The Hall–Kier alpha value is -0.950.